The number of aliphatic carboxylic acids is 1. The molecular weight excluding hydrogens is 271 g/mol. The standard InChI is InChI=1S/C9H8F3N3O4/c1-8(7(16)17,9(10,11)12)14-5-2-3-13-4-6(5)15(18)19/h2-4H,1H3,(H,13,14)(H,16,17). The molecular formula is C9H8F3N3O4. The number of aromatic nitrogens is 1. The van der Waals surface area contributed by atoms with Gasteiger partial charge in [0.15, 0.2) is 0 Å². The lowest BCUT2D eigenvalue weighted by Gasteiger charge is -2.29. The van der Waals surface area contributed by atoms with Crippen molar-refractivity contribution in [2.75, 3.05) is 5.32 Å². The van der Waals surface area contributed by atoms with Crippen LogP contribution in [0.2, 0.25) is 0 Å². The van der Waals surface area contributed by atoms with E-state index in [2.05, 4.69) is 4.98 Å². The van der Waals surface area contributed by atoms with E-state index in [9.17, 15) is 28.1 Å². The highest BCUT2D eigenvalue weighted by Crippen LogP contribution is 2.35. The first-order valence-corrected chi connectivity index (χ1v) is 4.76. The lowest BCUT2D eigenvalue weighted by molar-refractivity contribution is -0.384. The Hall–Kier alpha value is -2.39. The number of nitrogens with one attached hydrogen (secondary N) is 1. The molecule has 1 atom stereocenters. The summed E-state index contributed by atoms with van der Waals surface area (Å²) in [7, 11) is 0. The fourth-order valence-corrected chi connectivity index (χ4v) is 1.15. The second-order valence-corrected chi connectivity index (χ2v) is 3.70. The molecule has 0 amide bonds. The lowest BCUT2D eigenvalue weighted by atomic mass is 10.0. The largest absolute Gasteiger partial charge is 0.479 e. The number of nitrogens with zero attached hydrogens (tertiary/aromatic N) is 2. The number of hydrogen-bond donors (Lipinski definition) is 2. The molecule has 1 rings (SSSR count). The number of anilines is 1. The predicted molar refractivity (Wildman–Crippen MR) is 56.6 cm³/mol. The van der Waals surface area contributed by atoms with Crippen molar-refractivity contribution in [3.05, 3.63) is 28.6 Å². The first-order chi connectivity index (χ1) is 8.59. The van der Waals surface area contributed by atoms with E-state index in [4.69, 9.17) is 5.11 Å². The Balaban J connectivity index is 3.27. The molecule has 0 aromatic carbocycles. The van der Waals surface area contributed by atoms with Crippen molar-refractivity contribution >= 4 is 17.3 Å². The number of carboxylic acids is 1. The summed E-state index contributed by atoms with van der Waals surface area (Å²) >= 11 is 0. The highest BCUT2D eigenvalue weighted by Gasteiger charge is 2.58. The van der Waals surface area contributed by atoms with E-state index in [1.807, 2.05) is 0 Å². The van der Waals surface area contributed by atoms with Gasteiger partial charge in [-0.1, -0.05) is 0 Å². The Kier molecular flexibility index (Phi) is 3.63. The molecule has 0 saturated carbocycles. The molecule has 104 valence electrons. The lowest BCUT2D eigenvalue weighted by Crippen LogP contribution is -2.55. The molecule has 19 heavy (non-hydrogen) atoms. The Morgan fingerprint density at radius 1 is 1.53 bits per heavy atom. The zero-order valence-corrected chi connectivity index (χ0v) is 9.43. The molecule has 1 unspecified atom stereocenters. The van der Waals surface area contributed by atoms with Crippen LogP contribution >= 0.6 is 0 Å². The summed E-state index contributed by atoms with van der Waals surface area (Å²) in [5.74, 6) is -2.20. The maximum Gasteiger partial charge on any atom is 0.422 e. The fourth-order valence-electron chi connectivity index (χ4n) is 1.15. The van der Waals surface area contributed by atoms with Gasteiger partial charge in [-0.05, 0) is 13.0 Å². The van der Waals surface area contributed by atoms with Gasteiger partial charge in [0.1, 0.15) is 11.9 Å². The fraction of sp³-hybridized carbons (Fsp3) is 0.333. The molecule has 0 radical (unpaired) electrons. The minimum atomic E-state index is -5.14. The van der Waals surface area contributed by atoms with Crippen molar-refractivity contribution < 1.29 is 28.0 Å². The molecule has 7 nitrogen and oxygen atoms in total. The van der Waals surface area contributed by atoms with E-state index in [-0.39, 0.29) is 0 Å². The topological polar surface area (TPSA) is 105 Å². The van der Waals surface area contributed by atoms with Crippen molar-refractivity contribution in [2.45, 2.75) is 18.6 Å². The monoisotopic (exact) mass is 279 g/mol. The van der Waals surface area contributed by atoms with E-state index in [0.29, 0.717) is 6.92 Å². The summed E-state index contributed by atoms with van der Waals surface area (Å²) in [6.07, 6.45) is -3.41. The molecule has 0 aliphatic heterocycles. The zero-order chi connectivity index (χ0) is 14.8. The minimum absolute atomic E-state index is 0.374. The van der Waals surface area contributed by atoms with Crippen LogP contribution in [-0.2, 0) is 4.79 Å². The van der Waals surface area contributed by atoms with Crippen LogP contribution in [0.1, 0.15) is 6.92 Å². The van der Waals surface area contributed by atoms with Crippen LogP contribution < -0.4 is 5.32 Å². The first kappa shape index (κ1) is 14.7. The smallest absolute Gasteiger partial charge is 0.422 e. The van der Waals surface area contributed by atoms with Crippen molar-refractivity contribution in [1.29, 1.82) is 0 Å². The third-order valence-electron chi connectivity index (χ3n) is 2.38. The van der Waals surface area contributed by atoms with Gasteiger partial charge in [-0.25, -0.2) is 4.79 Å². The molecule has 10 heteroatoms. The summed E-state index contributed by atoms with van der Waals surface area (Å²) in [4.78, 5) is 23.8. The summed E-state index contributed by atoms with van der Waals surface area (Å²) in [6.45, 7) is 0.374. The number of alkyl halides is 3. The molecule has 0 aliphatic rings. The summed E-state index contributed by atoms with van der Waals surface area (Å²) in [6, 6.07) is 0.894. The maximum atomic E-state index is 12.7. The highest BCUT2D eigenvalue weighted by atomic mass is 19.4. The van der Waals surface area contributed by atoms with Crippen LogP contribution in [0.15, 0.2) is 18.5 Å². The Morgan fingerprint density at radius 3 is 2.53 bits per heavy atom. The third-order valence-corrected chi connectivity index (χ3v) is 2.38. The average molecular weight is 279 g/mol. The van der Waals surface area contributed by atoms with Crippen LogP contribution in [0.3, 0.4) is 0 Å². The van der Waals surface area contributed by atoms with Crippen LogP contribution in [0, 0.1) is 10.1 Å². The first-order valence-electron chi connectivity index (χ1n) is 4.76. The van der Waals surface area contributed by atoms with Gasteiger partial charge in [0.05, 0.1) is 4.92 Å². The molecule has 0 fully saturated rings. The Labute approximate surface area is 104 Å². The second-order valence-electron chi connectivity index (χ2n) is 3.70. The van der Waals surface area contributed by atoms with Gasteiger partial charge < -0.3 is 10.4 Å². The van der Waals surface area contributed by atoms with Gasteiger partial charge in [-0.3, -0.25) is 15.1 Å². The molecule has 2 N–H and O–H groups in total. The van der Waals surface area contributed by atoms with Crippen LogP contribution in [-0.4, -0.2) is 32.7 Å². The Morgan fingerprint density at radius 2 is 2.11 bits per heavy atom. The predicted octanol–water partition coefficient (Wildman–Crippen LogP) is 1.81. The van der Waals surface area contributed by atoms with Crippen molar-refractivity contribution in [1.82, 2.24) is 4.98 Å². The number of carboxylic acid groups (broad SMARTS) is 1. The quantitative estimate of drug-likeness (QED) is 0.643. The molecule has 1 aromatic heterocycles. The second kappa shape index (κ2) is 4.71. The maximum absolute atomic E-state index is 12.7. The number of halogens is 3. The molecule has 0 bridgehead atoms. The molecule has 0 spiro atoms. The van der Waals surface area contributed by atoms with Crippen LogP contribution in [0.4, 0.5) is 24.5 Å². The van der Waals surface area contributed by atoms with Crippen molar-refractivity contribution in [3.8, 4) is 0 Å². The minimum Gasteiger partial charge on any atom is -0.479 e. The van der Waals surface area contributed by atoms with Gasteiger partial charge in [-0.15, -0.1) is 0 Å². The highest BCUT2D eigenvalue weighted by molar-refractivity contribution is 5.84. The number of pyridine rings is 1. The third kappa shape index (κ3) is 2.72. The van der Waals surface area contributed by atoms with Gasteiger partial charge in [0.2, 0.25) is 5.54 Å². The average Bonchev–Trinajstić information content (AvgIpc) is 2.27. The summed E-state index contributed by atoms with van der Waals surface area (Å²) in [5.41, 5.74) is -4.68. The summed E-state index contributed by atoms with van der Waals surface area (Å²) in [5, 5.41) is 21.0. The SMILES string of the molecule is CC(Nc1ccncc1[N+](=O)[O-])(C(=O)O)C(F)(F)F. The molecule has 0 saturated heterocycles. The molecule has 1 aromatic rings. The number of hydrogen-bond acceptors (Lipinski definition) is 5. The van der Waals surface area contributed by atoms with E-state index in [1.165, 1.54) is 0 Å². The Bertz CT molecular complexity index is 520. The van der Waals surface area contributed by atoms with Gasteiger partial charge in [-0.2, -0.15) is 13.2 Å². The number of carbonyl (C=O) groups is 1. The van der Waals surface area contributed by atoms with E-state index in [0.717, 1.165) is 18.5 Å². The summed E-state index contributed by atoms with van der Waals surface area (Å²) < 4.78 is 38.2. The van der Waals surface area contributed by atoms with Crippen LogP contribution in [0.5, 0.6) is 0 Å². The molecule has 0 aliphatic carbocycles. The van der Waals surface area contributed by atoms with Crippen LogP contribution in [0.25, 0.3) is 0 Å². The van der Waals surface area contributed by atoms with Crippen molar-refractivity contribution in [3.63, 3.8) is 0 Å². The zero-order valence-electron chi connectivity index (χ0n) is 9.43. The number of rotatable bonds is 4. The van der Waals surface area contributed by atoms with E-state index < -0.39 is 34.0 Å². The normalized spacial score (nSPS) is 14.5. The molecule has 1 heterocycles. The van der Waals surface area contributed by atoms with Gasteiger partial charge >= 0.3 is 17.8 Å². The van der Waals surface area contributed by atoms with Gasteiger partial charge in [0.25, 0.3) is 0 Å². The van der Waals surface area contributed by atoms with Crippen molar-refractivity contribution in [2.24, 2.45) is 0 Å². The van der Waals surface area contributed by atoms with E-state index in [1.54, 1.807) is 5.32 Å². The van der Waals surface area contributed by atoms with E-state index >= 15 is 0 Å². The number of nitro groups is 1. The van der Waals surface area contributed by atoms with Gasteiger partial charge in [0, 0.05) is 6.20 Å².